The van der Waals surface area contributed by atoms with Gasteiger partial charge in [-0.1, -0.05) is 35.9 Å². The first-order valence-electron chi connectivity index (χ1n) is 7.02. The van der Waals surface area contributed by atoms with E-state index >= 15 is 0 Å². The van der Waals surface area contributed by atoms with Crippen molar-refractivity contribution in [2.45, 2.75) is 19.4 Å². The molecule has 0 radical (unpaired) electrons. The van der Waals surface area contributed by atoms with Gasteiger partial charge < -0.3 is 10.2 Å². The lowest BCUT2D eigenvalue weighted by Crippen LogP contribution is -2.35. The van der Waals surface area contributed by atoms with Crippen LogP contribution in [-0.2, 0) is 9.59 Å². The Balaban J connectivity index is 2.35. The van der Waals surface area contributed by atoms with Crippen molar-refractivity contribution in [1.29, 1.82) is 0 Å². The van der Waals surface area contributed by atoms with Crippen molar-refractivity contribution in [3.05, 3.63) is 47.5 Å². The highest BCUT2D eigenvalue weighted by Gasteiger charge is 2.44. The number of nitrogens with one attached hydrogen (secondary N) is 1. The predicted octanol–water partition coefficient (Wildman–Crippen LogP) is 2.55. The molecule has 1 fully saturated rings. The third-order valence-electron chi connectivity index (χ3n) is 3.75. The van der Waals surface area contributed by atoms with Crippen LogP contribution in [0.3, 0.4) is 0 Å². The average molecular weight is 307 g/mol. The third-order valence-corrected chi connectivity index (χ3v) is 4.10. The molecular weight excluding hydrogens is 288 g/mol. The van der Waals surface area contributed by atoms with Crippen LogP contribution in [0.15, 0.2) is 36.9 Å². The third kappa shape index (κ3) is 3.10. The lowest BCUT2D eigenvalue weighted by atomic mass is 9.92. The van der Waals surface area contributed by atoms with Crippen molar-refractivity contribution in [1.82, 2.24) is 10.2 Å². The van der Waals surface area contributed by atoms with Crippen molar-refractivity contribution in [2.75, 3.05) is 13.1 Å². The summed E-state index contributed by atoms with van der Waals surface area (Å²) in [6.07, 6.45) is 1.84. The molecule has 112 valence electrons. The highest BCUT2D eigenvalue weighted by molar-refractivity contribution is 6.31. The van der Waals surface area contributed by atoms with Crippen LogP contribution in [0.25, 0.3) is 0 Å². The summed E-state index contributed by atoms with van der Waals surface area (Å²) in [4.78, 5) is 26.2. The number of amides is 2. The SMILES string of the molecule is C=CCNC(=O)[C@@H]1CC(=O)N(CC)[C@H]1c1ccccc1Cl. The van der Waals surface area contributed by atoms with E-state index in [0.717, 1.165) is 5.56 Å². The Bertz CT molecular complexity index is 559. The second-order valence-electron chi connectivity index (χ2n) is 4.99. The van der Waals surface area contributed by atoms with Crippen LogP contribution >= 0.6 is 11.6 Å². The Kier molecular flexibility index (Phi) is 5.02. The molecule has 0 unspecified atom stereocenters. The van der Waals surface area contributed by atoms with Gasteiger partial charge in [0.15, 0.2) is 0 Å². The molecule has 0 aromatic heterocycles. The van der Waals surface area contributed by atoms with Crippen LogP contribution in [0.2, 0.25) is 5.02 Å². The van der Waals surface area contributed by atoms with Gasteiger partial charge in [-0.2, -0.15) is 0 Å². The number of hydrogen-bond acceptors (Lipinski definition) is 2. The molecular formula is C16H19ClN2O2. The molecule has 2 atom stereocenters. The smallest absolute Gasteiger partial charge is 0.226 e. The predicted molar refractivity (Wildman–Crippen MR) is 82.9 cm³/mol. The van der Waals surface area contributed by atoms with Gasteiger partial charge in [0.2, 0.25) is 11.8 Å². The lowest BCUT2D eigenvalue weighted by molar-refractivity contribution is -0.129. The molecule has 0 saturated carbocycles. The molecule has 21 heavy (non-hydrogen) atoms. The zero-order chi connectivity index (χ0) is 15.4. The summed E-state index contributed by atoms with van der Waals surface area (Å²) in [5.41, 5.74) is 0.825. The van der Waals surface area contributed by atoms with Crippen molar-refractivity contribution in [2.24, 2.45) is 5.92 Å². The summed E-state index contributed by atoms with van der Waals surface area (Å²) < 4.78 is 0. The second-order valence-corrected chi connectivity index (χ2v) is 5.40. The summed E-state index contributed by atoms with van der Waals surface area (Å²) in [5, 5.41) is 3.36. The maximum absolute atomic E-state index is 12.3. The molecule has 0 spiro atoms. The summed E-state index contributed by atoms with van der Waals surface area (Å²) in [5.74, 6) is -0.567. The van der Waals surface area contributed by atoms with E-state index in [1.165, 1.54) is 0 Å². The topological polar surface area (TPSA) is 49.4 Å². The molecule has 2 rings (SSSR count). The fourth-order valence-corrected chi connectivity index (χ4v) is 3.05. The first-order chi connectivity index (χ1) is 10.1. The Morgan fingerprint density at radius 1 is 1.52 bits per heavy atom. The van der Waals surface area contributed by atoms with Gasteiger partial charge in [0, 0.05) is 24.5 Å². The Labute approximate surface area is 129 Å². The second kappa shape index (κ2) is 6.76. The minimum Gasteiger partial charge on any atom is -0.352 e. The van der Waals surface area contributed by atoms with E-state index in [1.807, 2.05) is 25.1 Å². The standard InChI is InChI=1S/C16H19ClN2O2/c1-3-9-18-16(21)12-10-14(20)19(4-2)15(12)11-7-5-6-8-13(11)17/h3,5-8,12,15H,1,4,9-10H2,2H3,(H,18,21)/t12-,15+/m1/s1. The monoisotopic (exact) mass is 306 g/mol. The maximum Gasteiger partial charge on any atom is 0.226 e. The molecule has 1 heterocycles. The van der Waals surface area contributed by atoms with Gasteiger partial charge in [0.25, 0.3) is 0 Å². The first-order valence-corrected chi connectivity index (χ1v) is 7.40. The zero-order valence-corrected chi connectivity index (χ0v) is 12.8. The summed E-state index contributed by atoms with van der Waals surface area (Å²) in [7, 11) is 0. The minimum atomic E-state index is -0.419. The number of benzene rings is 1. The molecule has 2 amide bonds. The lowest BCUT2D eigenvalue weighted by Gasteiger charge is -2.27. The molecule has 1 N–H and O–H groups in total. The van der Waals surface area contributed by atoms with E-state index in [2.05, 4.69) is 11.9 Å². The van der Waals surface area contributed by atoms with E-state index in [1.54, 1.807) is 17.0 Å². The number of nitrogens with zero attached hydrogens (tertiary/aromatic N) is 1. The average Bonchev–Trinajstić information content (AvgIpc) is 2.81. The number of likely N-dealkylation sites (tertiary alicyclic amines) is 1. The van der Waals surface area contributed by atoms with Crippen LogP contribution in [0.4, 0.5) is 0 Å². The molecule has 1 saturated heterocycles. The number of hydrogen-bond donors (Lipinski definition) is 1. The Morgan fingerprint density at radius 3 is 2.86 bits per heavy atom. The molecule has 1 aliphatic heterocycles. The van der Waals surface area contributed by atoms with E-state index in [-0.39, 0.29) is 24.3 Å². The van der Waals surface area contributed by atoms with Gasteiger partial charge in [-0.25, -0.2) is 0 Å². The van der Waals surface area contributed by atoms with Crippen molar-refractivity contribution in [3.8, 4) is 0 Å². The molecule has 0 bridgehead atoms. The van der Waals surface area contributed by atoms with Crippen LogP contribution in [0.1, 0.15) is 24.9 Å². The quantitative estimate of drug-likeness (QED) is 0.850. The minimum absolute atomic E-state index is 0.0128. The molecule has 4 nitrogen and oxygen atoms in total. The van der Waals surface area contributed by atoms with Gasteiger partial charge in [-0.15, -0.1) is 6.58 Å². The van der Waals surface area contributed by atoms with Gasteiger partial charge in [-0.05, 0) is 18.6 Å². The number of carbonyl (C=O) groups is 2. The number of carbonyl (C=O) groups excluding carboxylic acids is 2. The fourth-order valence-electron chi connectivity index (χ4n) is 2.80. The summed E-state index contributed by atoms with van der Waals surface area (Å²) in [6, 6.07) is 7.07. The highest BCUT2D eigenvalue weighted by Crippen LogP contribution is 2.40. The maximum atomic E-state index is 12.3. The van der Waals surface area contributed by atoms with Crippen LogP contribution in [-0.4, -0.2) is 29.8 Å². The van der Waals surface area contributed by atoms with E-state index in [4.69, 9.17) is 11.6 Å². The molecule has 0 aliphatic carbocycles. The highest BCUT2D eigenvalue weighted by atomic mass is 35.5. The van der Waals surface area contributed by atoms with Gasteiger partial charge in [-0.3, -0.25) is 9.59 Å². The Hall–Kier alpha value is -1.81. The first kappa shape index (κ1) is 15.6. The van der Waals surface area contributed by atoms with Gasteiger partial charge >= 0.3 is 0 Å². The zero-order valence-electron chi connectivity index (χ0n) is 12.0. The van der Waals surface area contributed by atoms with Gasteiger partial charge in [0.1, 0.15) is 0 Å². The number of halogens is 1. The number of rotatable bonds is 5. The summed E-state index contributed by atoms with van der Waals surface area (Å²) >= 11 is 6.26. The van der Waals surface area contributed by atoms with Crippen LogP contribution < -0.4 is 5.32 Å². The van der Waals surface area contributed by atoms with E-state index in [0.29, 0.717) is 18.1 Å². The van der Waals surface area contributed by atoms with Crippen molar-refractivity contribution < 1.29 is 9.59 Å². The van der Waals surface area contributed by atoms with Crippen LogP contribution in [0, 0.1) is 5.92 Å². The normalized spacial score (nSPS) is 21.4. The summed E-state index contributed by atoms with van der Waals surface area (Å²) in [6.45, 7) is 6.44. The molecule has 5 heteroatoms. The van der Waals surface area contributed by atoms with Crippen LogP contribution in [0.5, 0.6) is 0 Å². The largest absolute Gasteiger partial charge is 0.352 e. The molecule has 1 aliphatic rings. The Morgan fingerprint density at radius 2 is 2.24 bits per heavy atom. The van der Waals surface area contributed by atoms with E-state index in [9.17, 15) is 9.59 Å². The fraction of sp³-hybridized carbons (Fsp3) is 0.375. The van der Waals surface area contributed by atoms with Gasteiger partial charge in [0.05, 0.1) is 12.0 Å². The van der Waals surface area contributed by atoms with Crippen molar-refractivity contribution in [3.63, 3.8) is 0 Å². The van der Waals surface area contributed by atoms with E-state index < -0.39 is 5.92 Å². The van der Waals surface area contributed by atoms with Crippen molar-refractivity contribution >= 4 is 23.4 Å². The molecule has 1 aromatic rings. The molecule has 1 aromatic carbocycles.